The van der Waals surface area contributed by atoms with Gasteiger partial charge in [0.1, 0.15) is 0 Å². The van der Waals surface area contributed by atoms with Crippen molar-refractivity contribution >= 4 is 17.6 Å². The summed E-state index contributed by atoms with van der Waals surface area (Å²) in [5.41, 5.74) is 0. The molecule has 0 aliphatic heterocycles. The minimum absolute atomic E-state index is 0.407. The minimum atomic E-state index is -0.809. The Morgan fingerprint density at radius 2 is 2.27 bits per heavy atom. The average Bonchev–Trinajstić information content (AvgIpc) is 1.99. The van der Waals surface area contributed by atoms with Gasteiger partial charge >= 0.3 is 5.97 Å². The summed E-state index contributed by atoms with van der Waals surface area (Å²) in [7, 11) is 1.27. The quantitative estimate of drug-likeness (QED) is 0.393. The molecule has 0 saturated heterocycles. The van der Waals surface area contributed by atoms with Crippen LogP contribution >= 0.6 is 11.6 Å². The maximum atomic E-state index is 10.5. The van der Waals surface area contributed by atoms with E-state index < -0.39 is 17.5 Å². The number of aliphatic hydroxyl groups is 1. The number of ether oxygens (including phenoxy) is 1. The predicted molar refractivity (Wildman–Crippen MR) is 42.5 cm³/mol. The largest absolute Gasteiger partial charge is 0.466 e. The fourth-order valence-electron chi connectivity index (χ4n) is 0.398. The number of rotatable bonds is 3. The molecule has 0 unspecified atom stereocenters. The van der Waals surface area contributed by atoms with E-state index in [0.29, 0.717) is 0 Å². The van der Waals surface area contributed by atoms with E-state index in [1.165, 1.54) is 13.2 Å². The smallest absolute Gasteiger partial charge is 0.330 e. The van der Waals surface area contributed by atoms with Crippen LogP contribution in [0.5, 0.6) is 0 Å². The minimum Gasteiger partial charge on any atom is -0.466 e. The van der Waals surface area contributed by atoms with E-state index in [-0.39, 0.29) is 0 Å². The summed E-state index contributed by atoms with van der Waals surface area (Å²) in [6.07, 6.45) is 1.63. The van der Waals surface area contributed by atoms with Crippen molar-refractivity contribution < 1.29 is 14.6 Å². The number of alkyl halides is 1. The monoisotopic (exact) mass is 178 g/mol. The van der Waals surface area contributed by atoms with E-state index in [9.17, 15) is 4.79 Å². The first-order chi connectivity index (χ1) is 5.07. The van der Waals surface area contributed by atoms with Gasteiger partial charge in [0.2, 0.25) is 0 Å². The molecule has 0 aromatic rings. The van der Waals surface area contributed by atoms with E-state index in [0.717, 1.165) is 6.08 Å². The molecule has 4 heteroatoms. The molecule has 0 aromatic heterocycles. The molecule has 0 rings (SSSR count). The first-order valence-electron chi connectivity index (χ1n) is 3.16. The molecule has 0 saturated carbocycles. The number of aliphatic hydroxyl groups excluding tert-OH is 1. The third kappa shape index (κ3) is 4.81. The lowest BCUT2D eigenvalue weighted by atomic mass is 10.2. The van der Waals surface area contributed by atoms with Crippen LogP contribution in [0.25, 0.3) is 0 Å². The Kier molecular flexibility index (Phi) is 4.90. The molecule has 0 spiro atoms. The number of esters is 1. The molecule has 0 aliphatic rings. The Bertz CT molecular complexity index is 154. The van der Waals surface area contributed by atoms with Crippen LogP contribution in [0, 0.1) is 0 Å². The lowest BCUT2D eigenvalue weighted by molar-refractivity contribution is -0.134. The van der Waals surface area contributed by atoms with E-state index >= 15 is 0 Å². The molecule has 0 radical (unpaired) electrons. The van der Waals surface area contributed by atoms with Crippen LogP contribution in [-0.2, 0) is 9.53 Å². The van der Waals surface area contributed by atoms with E-state index in [2.05, 4.69) is 4.74 Å². The number of carbonyl (C=O) groups is 1. The molecule has 0 aromatic carbocycles. The zero-order valence-corrected chi connectivity index (χ0v) is 7.21. The highest BCUT2D eigenvalue weighted by Crippen LogP contribution is 2.02. The van der Waals surface area contributed by atoms with Crippen molar-refractivity contribution in [2.24, 2.45) is 0 Å². The Labute approximate surface area is 70.6 Å². The molecule has 0 amide bonds. The molecule has 0 aliphatic carbocycles. The number of carbonyl (C=O) groups excluding carboxylic acids is 1. The highest BCUT2D eigenvalue weighted by Gasteiger charge is 2.06. The summed E-state index contributed by atoms with van der Waals surface area (Å²) < 4.78 is 4.30. The molecule has 0 heterocycles. The van der Waals surface area contributed by atoms with Crippen molar-refractivity contribution in [3.63, 3.8) is 0 Å². The third-order valence-corrected chi connectivity index (χ3v) is 1.36. The summed E-state index contributed by atoms with van der Waals surface area (Å²) in [4.78, 5) is 10.5. The standard InChI is InChI=1S/C7H11ClO3/c1-5(8)6(9)3-4-7(10)11-2/h3-6,9H,1-2H3/b4-3+/t5-,6-/m0/s1. The summed E-state index contributed by atoms with van der Waals surface area (Å²) in [6.45, 7) is 1.63. The fourth-order valence-corrected chi connectivity index (χ4v) is 0.482. The molecule has 3 nitrogen and oxygen atoms in total. The lowest BCUT2D eigenvalue weighted by Gasteiger charge is -2.05. The predicted octanol–water partition coefficient (Wildman–Crippen LogP) is 0.704. The maximum Gasteiger partial charge on any atom is 0.330 e. The van der Waals surface area contributed by atoms with Crippen molar-refractivity contribution in [1.29, 1.82) is 0 Å². The summed E-state index contributed by atoms with van der Waals surface area (Å²) in [6, 6.07) is 0. The zero-order chi connectivity index (χ0) is 8.85. The maximum absolute atomic E-state index is 10.5. The topological polar surface area (TPSA) is 46.5 Å². The summed E-state index contributed by atoms with van der Waals surface area (Å²) in [5.74, 6) is -0.499. The lowest BCUT2D eigenvalue weighted by Crippen LogP contribution is -2.14. The first-order valence-corrected chi connectivity index (χ1v) is 3.60. The molecule has 0 bridgehead atoms. The van der Waals surface area contributed by atoms with Gasteiger partial charge in [-0.15, -0.1) is 11.6 Å². The van der Waals surface area contributed by atoms with Gasteiger partial charge in [-0.1, -0.05) is 0 Å². The van der Waals surface area contributed by atoms with Crippen molar-refractivity contribution in [2.75, 3.05) is 7.11 Å². The van der Waals surface area contributed by atoms with Gasteiger partial charge in [0.05, 0.1) is 18.6 Å². The van der Waals surface area contributed by atoms with Gasteiger partial charge in [-0.2, -0.15) is 0 Å². The van der Waals surface area contributed by atoms with Crippen LogP contribution in [0.2, 0.25) is 0 Å². The number of hydrogen-bond donors (Lipinski definition) is 1. The van der Waals surface area contributed by atoms with Crippen LogP contribution in [-0.4, -0.2) is 29.7 Å². The van der Waals surface area contributed by atoms with Gasteiger partial charge < -0.3 is 9.84 Å². The van der Waals surface area contributed by atoms with Crippen LogP contribution in [0.1, 0.15) is 6.92 Å². The first kappa shape index (κ1) is 10.5. The van der Waals surface area contributed by atoms with Crippen LogP contribution in [0.15, 0.2) is 12.2 Å². The second-order valence-electron chi connectivity index (χ2n) is 2.05. The van der Waals surface area contributed by atoms with E-state index in [1.807, 2.05) is 0 Å². The van der Waals surface area contributed by atoms with Crippen LogP contribution in [0.3, 0.4) is 0 Å². The van der Waals surface area contributed by atoms with Crippen LogP contribution in [0.4, 0.5) is 0 Å². The molecule has 11 heavy (non-hydrogen) atoms. The summed E-state index contributed by atoms with van der Waals surface area (Å²) >= 11 is 5.50. The van der Waals surface area contributed by atoms with Gasteiger partial charge in [-0.25, -0.2) is 4.79 Å². The van der Waals surface area contributed by atoms with E-state index in [1.54, 1.807) is 6.92 Å². The SMILES string of the molecule is COC(=O)/C=C/[C@H](O)[C@H](C)Cl. The molecule has 1 N–H and O–H groups in total. The van der Waals surface area contributed by atoms with Crippen LogP contribution < -0.4 is 0 Å². The van der Waals surface area contributed by atoms with Crippen molar-refractivity contribution in [1.82, 2.24) is 0 Å². The Hall–Kier alpha value is -0.540. The van der Waals surface area contributed by atoms with Gasteiger partial charge in [0, 0.05) is 6.08 Å². The van der Waals surface area contributed by atoms with Gasteiger partial charge in [0.25, 0.3) is 0 Å². The average molecular weight is 179 g/mol. The second kappa shape index (κ2) is 5.16. The number of hydrogen-bond acceptors (Lipinski definition) is 3. The van der Waals surface area contributed by atoms with Gasteiger partial charge in [0.15, 0.2) is 0 Å². The van der Waals surface area contributed by atoms with Gasteiger partial charge in [-0.05, 0) is 13.0 Å². The second-order valence-corrected chi connectivity index (χ2v) is 2.74. The third-order valence-electron chi connectivity index (χ3n) is 1.10. The van der Waals surface area contributed by atoms with Crippen molar-refractivity contribution in [2.45, 2.75) is 18.4 Å². The molecular weight excluding hydrogens is 168 g/mol. The Balaban J connectivity index is 3.82. The zero-order valence-electron chi connectivity index (χ0n) is 6.45. The molecule has 2 atom stereocenters. The summed E-state index contributed by atoms with van der Waals surface area (Å²) in [5, 5.41) is 8.64. The Morgan fingerprint density at radius 1 is 1.73 bits per heavy atom. The number of methoxy groups -OCH3 is 1. The van der Waals surface area contributed by atoms with E-state index in [4.69, 9.17) is 16.7 Å². The molecule has 0 fully saturated rings. The Morgan fingerprint density at radius 3 is 2.64 bits per heavy atom. The molecule has 64 valence electrons. The van der Waals surface area contributed by atoms with Crippen molar-refractivity contribution in [3.05, 3.63) is 12.2 Å². The normalized spacial score (nSPS) is 16.4. The highest BCUT2D eigenvalue weighted by atomic mass is 35.5. The molecular formula is C7H11ClO3. The van der Waals surface area contributed by atoms with Crippen molar-refractivity contribution in [3.8, 4) is 0 Å². The van der Waals surface area contributed by atoms with Gasteiger partial charge in [-0.3, -0.25) is 0 Å². The highest BCUT2D eigenvalue weighted by molar-refractivity contribution is 6.20. The fraction of sp³-hybridized carbons (Fsp3) is 0.571. The number of halogens is 1.